The third-order valence-electron chi connectivity index (χ3n) is 2.36. The topological polar surface area (TPSA) is 24.4 Å². The van der Waals surface area contributed by atoms with Gasteiger partial charge in [-0.05, 0) is 13.3 Å². The fourth-order valence-electron chi connectivity index (χ4n) is 1.43. The van der Waals surface area contributed by atoms with Gasteiger partial charge in [-0.2, -0.15) is 0 Å². The van der Waals surface area contributed by atoms with Crippen molar-refractivity contribution in [2.45, 2.75) is 19.4 Å². The highest BCUT2D eigenvalue weighted by Gasteiger charge is 2.15. The molecule has 1 aromatic rings. The van der Waals surface area contributed by atoms with Gasteiger partial charge in [-0.3, -0.25) is 4.99 Å². The molecule has 2 nitrogen and oxygen atoms in total. The molecule has 1 unspecified atom stereocenters. The molecular weight excluding hydrogens is 249 g/mol. The Bertz CT molecular complexity index is 462. The van der Waals surface area contributed by atoms with Crippen LogP contribution in [-0.4, -0.2) is 17.0 Å². The van der Waals surface area contributed by atoms with Crippen LogP contribution in [0.5, 0.6) is 0 Å². The first-order valence-electron chi connectivity index (χ1n) is 5.18. The summed E-state index contributed by atoms with van der Waals surface area (Å²) in [6.07, 6.45) is 0.954. The molecule has 1 heterocycles. The molecule has 0 saturated heterocycles. The molecule has 1 atom stereocenters. The maximum Gasteiger partial charge on any atom is 0.161 e. The number of amidine groups is 1. The Morgan fingerprint density at radius 2 is 1.94 bits per heavy atom. The number of anilines is 1. The fourth-order valence-corrected chi connectivity index (χ4v) is 2.52. The fraction of sp³-hybridized carbons (Fsp3) is 0.364. The lowest BCUT2D eigenvalue weighted by Gasteiger charge is -2.18. The van der Waals surface area contributed by atoms with Crippen LogP contribution in [0.4, 0.5) is 18.9 Å². The number of aliphatic imine (C=N–C) groups is 1. The summed E-state index contributed by atoms with van der Waals surface area (Å²) in [6, 6.07) is 1.48. The maximum atomic E-state index is 13.3. The predicted molar refractivity (Wildman–Crippen MR) is 63.9 cm³/mol. The van der Waals surface area contributed by atoms with Crippen molar-refractivity contribution in [2.24, 2.45) is 4.99 Å². The van der Waals surface area contributed by atoms with Crippen molar-refractivity contribution in [1.29, 1.82) is 0 Å². The second kappa shape index (κ2) is 5.00. The summed E-state index contributed by atoms with van der Waals surface area (Å²) >= 11 is 1.44. The molecule has 0 amide bonds. The minimum absolute atomic E-state index is 0.0933. The Kier molecular flexibility index (Phi) is 3.61. The first-order chi connectivity index (χ1) is 8.06. The van der Waals surface area contributed by atoms with Crippen molar-refractivity contribution in [2.75, 3.05) is 11.1 Å². The van der Waals surface area contributed by atoms with E-state index in [9.17, 15) is 13.2 Å². The number of nitrogens with one attached hydrogen (secondary N) is 1. The van der Waals surface area contributed by atoms with Gasteiger partial charge in [0.25, 0.3) is 0 Å². The molecule has 92 valence electrons. The Balaban J connectivity index is 2.21. The lowest BCUT2D eigenvalue weighted by Crippen LogP contribution is -2.18. The van der Waals surface area contributed by atoms with E-state index >= 15 is 0 Å². The summed E-state index contributed by atoms with van der Waals surface area (Å²) in [5.41, 5.74) is -0.0933. The van der Waals surface area contributed by atoms with Crippen LogP contribution < -0.4 is 5.32 Å². The summed E-state index contributed by atoms with van der Waals surface area (Å²) in [5.74, 6) is -2.23. The summed E-state index contributed by atoms with van der Waals surface area (Å²) in [4.78, 5) is 4.26. The van der Waals surface area contributed by atoms with Crippen LogP contribution in [0.3, 0.4) is 0 Å². The van der Waals surface area contributed by atoms with Crippen LogP contribution in [-0.2, 0) is 0 Å². The Hall–Kier alpha value is -1.17. The number of hydrogen-bond donors (Lipinski definition) is 1. The second-order valence-electron chi connectivity index (χ2n) is 3.79. The molecule has 1 N–H and O–H groups in total. The van der Waals surface area contributed by atoms with Crippen LogP contribution in [0, 0.1) is 17.5 Å². The number of hydrogen-bond acceptors (Lipinski definition) is 3. The SMILES string of the molecule is CC1CCSC(Nc2cc(F)c(F)cc2F)=N1. The molecule has 2 rings (SSSR count). The van der Waals surface area contributed by atoms with E-state index < -0.39 is 17.5 Å². The summed E-state index contributed by atoms with van der Waals surface area (Å²) in [5, 5.41) is 3.21. The highest BCUT2D eigenvalue weighted by Crippen LogP contribution is 2.23. The van der Waals surface area contributed by atoms with Gasteiger partial charge >= 0.3 is 0 Å². The lowest BCUT2D eigenvalue weighted by atomic mass is 10.3. The summed E-state index contributed by atoms with van der Waals surface area (Å²) in [7, 11) is 0. The second-order valence-corrected chi connectivity index (χ2v) is 4.88. The minimum atomic E-state index is -1.19. The van der Waals surface area contributed by atoms with Crippen LogP contribution >= 0.6 is 11.8 Å². The molecule has 17 heavy (non-hydrogen) atoms. The lowest BCUT2D eigenvalue weighted by molar-refractivity contribution is 0.496. The molecule has 1 aliphatic heterocycles. The first-order valence-corrected chi connectivity index (χ1v) is 6.17. The Morgan fingerprint density at radius 1 is 1.24 bits per heavy atom. The number of rotatable bonds is 1. The van der Waals surface area contributed by atoms with Crippen molar-refractivity contribution in [3.63, 3.8) is 0 Å². The molecule has 0 fully saturated rings. The van der Waals surface area contributed by atoms with E-state index in [2.05, 4.69) is 10.3 Å². The average Bonchev–Trinajstić information content (AvgIpc) is 2.26. The van der Waals surface area contributed by atoms with Gasteiger partial charge < -0.3 is 5.32 Å². The van der Waals surface area contributed by atoms with E-state index in [-0.39, 0.29) is 11.7 Å². The van der Waals surface area contributed by atoms with Crippen molar-refractivity contribution in [1.82, 2.24) is 0 Å². The maximum absolute atomic E-state index is 13.3. The Labute approximate surface area is 101 Å². The van der Waals surface area contributed by atoms with E-state index in [1.54, 1.807) is 0 Å². The van der Waals surface area contributed by atoms with Gasteiger partial charge in [-0.25, -0.2) is 13.2 Å². The molecule has 0 bridgehead atoms. The molecule has 1 aliphatic rings. The standard InChI is InChI=1S/C11H11F3N2S/c1-6-2-3-17-11(15-6)16-10-5-8(13)7(12)4-9(10)14/h4-6H,2-3H2,1H3,(H,15,16). The van der Waals surface area contributed by atoms with Gasteiger partial charge in [0.2, 0.25) is 0 Å². The molecule has 0 spiro atoms. The summed E-state index contributed by atoms with van der Waals surface area (Å²) < 4.78 is 39.0. The number of thioether (sulfide) groups is 1. The largest absolute Gasteiger partial charge is 0.332 e. The van der Waals surface area contributed by atoms with E-state index in [0.29, 0.717) is 11.2 Å². The van der Waals surface area contributed by atoms with Crippen molar-refractivity contribution in [3.8, 4) is 0 Å². The third kappa shape index (κ3) is 2.94. The van der Waals surface area contributed by atoms with E-state index in [4.69, 9.17) is 0 Å². The summed E-state index contributed by atoms with van der Waals surface area (Å²) in [6.45, 7) is 1.95. The molecule has 6 heteroatoms. The zero-order valence-electron chi connectivity index (χ0n) is 9.14. The van der Waals surface area contributed by atoms with Crippen LogP contribution in [0.15, 0.2) is 17.1 Å². The molecule has 1 aromatic carbocycles. The minimum Gasteiger partial charge on any atom is -0.332 e. The van der Waals surface area contributed by atoms with Gasteiger partial charge in [0.15, 0.2) is 16.8 Å². The number of nitrogens with zero attached hydrogens (tertiary/aromatic N) is 1. The van der Waals surface area contributed by atoms with Gasteiger partial charge in [0, 0.05) is 17.9 Å². The first kappa shape index (κ1) is 12.3. The predicted octanol–water partition coefficient (Wildman–Crippen LogP) is 3.40. The van der Waals surface area contributed by atoms with Crippen molar-refractivity contribution < 1.29 is 13.2 Å². The normalized spacial score (nSPS) is 20.0. The highest BCUT2D eigenvalue weighted by molar-refractivity contribution is 8.14. The van der Waals surface area contributed by atoms with Gasteiger partial charge in [-0.15, -0.1) is 0 Å². The quantitative estimate of drug-likeness (QED) is 0.783. The molecule has 0 radical (unpaired) electrons. The van der Waals surface area contributed by atoms with E-state index in [1.165, 1.54) is 11.8 Å². The number of halogens is 3. The zero-order chi connectivity index (χ0) is 12.4. The highest BCUT2D eigenvalue weighted by atomic mass is 32.2. The third-order valence-corrected chi connectivity index (χ3v) is 3.28. The van der Waals surface area contributed by atoms with Gasteiger partial charge in [0.1, 0.15) is 5.82 Å². The van der Waals surface area contributed by atoms with Gasteiger partial charge in [-0.1, -0.05) is 11.8 Å². The van der Waals surface area contributed by atoms with Crippen molar-refractivity contribution >= 4 is 22.6 Å². The van der Waals surface area contributed by atoms with Gasteiger partial charge in [0.05, 0.1) is 11.7 Å². The smallest absolute Gasteiger partial charge is 0.161 e. The van der Waals surface area contributed by atoms with Crippen LogP contribution in [0.1, 0.15) is 13.3 Å². The molecular formula is C11H11F3N2S. The molecule has 0 aromatic heterocycles. The average molecular weight is 260 g/mol. The zero-order valence-corrected chi connectivity index (χ0v) is 9.95. The van der Waals surface area contributed by atoms with Crippen molar-refractivity contribution in [3.05, 3.63) is 29.6 Å². The number of benzene rings is 1. The van der Waals surface area contributed by atoms with Crippen LogP contribution in [0.25, 0.3) is 0 Å². The van der Waals surface area contributed by atoms with E-state index in [0.717, 1.165) is 18.2 Å². The Morgan fingerprint density at radius 3 is 2.65 bits per heavy atom. The monoisotopic (exact) mass is 260 g/mol. The molecule has 0 aliphatic carbocycles. The van der Waals surface area contributed by atoms with Crippen LogP contribution in [0.2, 0.25) is 0 Å². The van der Waals surface area contributed by atoms with E-state index in [1.807, 2.05) is 6.92 Å². The molecule has 0 saturated carbocycles.